The number of nitrogens with one attached hydrogen (secondary N) is 1. The smallest absolute Gasteiger partial charge is 0.247 e. The minimum atomic E-state index is 0.563. The quantitative estimate of drug-likeness (QED) is 0.780. The third kappa shape index (κ3) is 3.40. The van der Waals surface area contributed by atoms with E-state index in [1.54, 1.807) is 0 Å². The van der Waals surface area contributed by atoms with Crippen molar-refractivity contribution < 1.29 is 4.42 Å². The Hall–Kier alpha value is -2.46. The van der Waals surface area contributed by atoms with Crippen LogP contribution in [0.25, 0.3) is 11.5 Å². The second kappa shape index (κ2) is 6.54. The number of aryl methyl sites for hydroxylation is 2. The lowest BCUT2D eigenvalue weighted by atomic mass is 10.1. The van der Waals surface area contributed by atoms with E-state index < -0.39 is 0 Å². The van der Waals surface area contributed by atoms with Crippen LogP contribution < -0.4 is 5.32 Å². The summed E-state index contributed by atoms with van der Waals surface area (Å²) in [6.07, 6.45) is 0. The van der Waals surface area contributed by atoms with E-state index in [4.69, 9.17) is 4.42 Å². The van der Waals surface area contributed by atoms with Crippen molar-refractivity contribution in [3.05, 3.63) is 71.1 Å². The highest BCUT2D eigenvalue weighted by atomic mass is 16.4. The van der Waals surface area contributed by atoms with Crippen LogP contribution in [0.5, 0.6) is 0 Å². The largest absolute Gasteiger partial charge is 0.419 e. The van der Waals surface area contributed by atoms with Crippen LogP contribution in [0.15, 0.2) is 52.9 Å². The molecule has 22 heavy (non-hydrogen) atoms. The van der Waals surface area contributed by atoms with Crippen molar-refractivity contribution >= 4 is 0 Å². The van der Waals surface area contributed by atoms with Gasteiger partial charge in [0.2, 0.25) is 11.8 Å². The van der Waals surface area contributed by atoms with Gasteiger partial charge in [0.05, 0.1) is 6.54 Å². The summed E-state index contributed by atoms with van der Waals surface area (Å²) in [7, 11) is 0. The van der Waals surface area contributed by atoms with Gasteiger partial charge in [-0.15, -0.1) is 10.2 Å². The van der Waals surface area contributed by atoms with Crippen molar-refractivity contribution in [1.29, 1.82) is 0 Å². The fourth-order valence-electron chi connectivity index (χ4n) is 2.25. The molecule has 0 aliphatic rings. The summed E-state index contributed by atoms with van der Waals surface area (Å²) < 4.78 is 5.69. The van der Waals surface area contributed by atoms with Crippen molar-refractivity contribution in [2.45, 2.75) is 26.9 Å². The number of aromatic nitrogens is 2. The molecule has 0 atom stereocenters. The molecule has 0 amide bonds. The highest BCUT2D eigenvalue weighted by molar-refractivity contribution is 5.52. The molecule has 0 aliphatic heterocycles. The molecule has 2 aromatic carbocycles. The summed E-state index contributed by atoms with van der Waals surface area (Å²) in [4.78, 5) is 0. The molecule has 1 N–H and O–H groups in total. The third-order valence-corrected chi connectivity index (χ3v) is 3.62. The number of hydrogen-bond acceptors (Lipinski definition) is 4. The van der Waals surface area contributed by atoms with Crippen molar-refractivity contribution in [2.75, 3.05) is 0 Å². The van der Waals surface area contributed by atoms with Gasteiger partial charge < -0.3 is 9.73 Å². The van der Waals surface area contributed by atoms with Crippen LogP contribution in [0.3, 0.4) is 0 Å². The number of benzene rings is 2. The van der Waals surface area contributed by atoms with Crippen molar-refractivity contribution in [1.82, 2.24) is 15.5 Å². The molecule has 3 aromatic rings. The molecular formula is C18H19N3O. The molecule has 0 fully saturated rings. The molecule has 0 bridgehead atoms. The van der Waals surface area contributed by atoms with Gasteiger partial charge in [-0.25, -0.2) is 0 Å². The van der Waals surface area contributed by atoms with E-state index in [9.17, 15) is 0 Å². The molecule has 4 heteroatoms. The molecule has 0 aliphatic carbocycles. The van der Waals surface area contributed by atoms with Gasteiger partial charge in [-0.3, -0.25) is 0 Å². The molecule has 4 nitrogen and oxygen atoms in total. The zero-order valence-corrected chi connectivity index (χ0v) is 12.8. The van der Waals surface area contributed by atoms with Crippen LogP contribution in [0, 0.1) is 13.8 Å². The first-order valence-corrected chi connectivity index (χ1v) is 7.37. The minimum absolute atomic E-state index is 0.563. The predicted molar refractivity (Wildman–Crippen MR) is 86.2 cm³/mol. The maximum absolute atomic E-state index is 5.69. The molecule has 0 unspecified atom stereocenters. The average molecular weight is 293 g/mol. The van der Waals surface area contributed by atoms with Gasteiger partial charge in [-0.2, -0.15) is 0 Å². The molecule has 0 spiro atoms. The molecule has 1 aromatic heterocycles. The summed E-state index contributed by atoms with van der Waals surface area (Å²) in [5.74, 6) is 1.16. The summed E-state index contributed by atoms with van der Waals surface area (Å²) >= 11 is 0. The summed E-state index contributed by atoms with van der Waals surface area (Å²) in [6, 6.07) is 16.4. The Labute approximate surface area is 130 Å². The van der Waals surface area contributed by atoms with E-state index in [1.807, 2.05) is 36.4 Å². The standard InChI is InChI=1S/C18H19N3O/c1-13-7-9-15(10-8-13)18-21-20-17(22-18)12-19-11-16-6-4-3-5-14(16)2/h3-10,19H,11-12H2,1-2H3. The number of nitrogens with zero attached hydrogens (tertiary/aromatic N) is 2. The first-order chi connectivity index (χ1) is 10.7. The molecule has 1 heterocycles. The van der Waals surface area contributed by atoms with Crippen molar-refractivity contribution in [3.8, 4) is 11.5 Å². The normalized spacial score (nSPS) is 10.8. The Morgan fingerprint density at radius 3 is 2.45 bits per heavy atom. The van der Waals surface area contributed by atoms with E-state index in [-0.39, 0.29) is 0 Å². The predicted octanol–water partition coefficient (Wildman–Crippen LogP) is 3.64. The molecule has 3 rings (SSSR count). The third-order valence-electron chi connectivity index (χ3n) is 3.62. The molecular weight excluding hydrogens is 274 g/mol. The van der Waals surface area contributed by atoms with Crippen molar-refractivity contribution in [2.24, 2.45) is 0 Å². The molecule has 0 saturated carbocycles. The van der Waals surface area contributed by atoms with Crippen LogP contribution >= 0.6 is 0 Å². The van der Waals surface area contributed by atoms with Crippen LogP contribution in [0.2, 0.25) is 0 Å². The van der Waals surface area contributed by atoms with Crippen LogP contribution in [-0.4, -0.2) is 10.2 Å². The molecule has 0 radical (unpaired) electrons. The van der Waals surface area contributed by atoms with Crippen LogP contribution in [0.4, 0.5) is 0 Å². The second-order valence-corrected chi connectivity index (χ2v) is 5.40. The Balaban J connectivity index is 1.60. The fourth-order valence-corrected chi connectivity index (χ4v) is 2.25. The first kappa shape index (κ1) is 14.5. The lowest BCUT2D eigenvalue weighted by molar-refractivity contribution is 0.477. The number of rotatable bonds is 5. The van der Waals surface area contributed by atoms with E-state index in [0.29, 0.717) is 18.3 Å². The lowest BCUT2D eigenvalue weighted by Gasteiger charge is -2.05. The van der Waals surface area contributed by atoms with Gasteiger partial charge in [0, 0.05) is 12.1 Å². The maximum atomic E-state index is 5.69. The highest BCUT2D eigenvalue weighted by Gasteiger charge is 2.08. The minimum Gasteiger partial charge on any atom is -0.419 e. The lowest BCUT2D eigenvalue weighted by Crippen LogP contribution is -2.13. The van der Waals surface area contributed by atoms with Gasteiger partial charge in [0.1, 0.15) is 0 Å². The zero-order valence-electron chi connectivity index (χ0n) is 12.8. The van der Waals surface area contributed by atoms with E-state index in [0.717, 1.165) is 12.1 Å². The first-order valence-electron chi connectivity index (χ1n) is 7.37. The monoisotopic (exact) mass is 293 g/mol. The zero-order chi connectivity index (χ0) is 15.4. The Kier molecular flexibility index (Phi) is 4.30. The Bertz CT molecular complexity index is 747. The van der Waals surface area contributed by atoms with E-state index >= 15 is 0 Å². The van der Waals surface area contributed by atoms with Crippen LogP contribution in [-0.2, 0) is 13.1 Å². The summed E-state index contributed by atoms with van der Waals surface area (Å²) in [6.45, 7) is 5.51. The number of hydrogen-bond donors (Lipinski definition) is 1. The average Bonchev–Trinajstić information content (AvgIpc) is 2.99. The van der Waals surface area contributed by atoms with Gasteiger partial charge in [0.15, 0.2) is 0 Å². The second-order valence-electron chi connectivity index (χ2n) is 5.40. The molecule has 0 saturated heterocycles. The Morgan fingerprint density at radius 1 is 0.909 bits per heavy atom. The van der Waals surface area contributed by atoms with Gasteiger partial charge in [-0.05, 0) is 37.1 Å². The summed E-state index contributed by atoms with van der Waals surface area (Å²) in [5.41, 5.74) is 4.72. The van der Waals surface area contributed by atoms with Gasteiger partial charge in [0.25, 0.3) is 0 Å². The topological polar surface area (TPSA) is 51.0 Å². The molecule has 112 valence electrons. The van der Waals surface area contributed by atoms with E-state index in [1.165, 1.54) is 16.7 Å². The van der Waals surface area contributed by atoms with Gasteiger partial charge in [-0.1, -0.05) is 42.0 Å². The highest BCUT2D eigenvalue weighted by Crippen LogP contribution is 2.18. The maximum Gasteiger partial charge on any atom is 0.247 e. The van der Waals surface area contributed by atoms with Crippen molar-refractivity contribution in [3.63, 3.8) is 0 Å². The SMILES string of the molecule is Cc1ccc(-c2nnc(CNCc3ccccc3C)o2)cc1. The fraction of sp³-hybridized carbons (Fsp3) is 0.222. The van der Waals surface area contributed by atoms with Crippen LogP contribution in [0.1, 0.15) is 22.6 Å². The van der Waals surface area contributed by atoms with E-state index in [2.05, 4.69) is 41.5 Å². The summed E-state index contributed by atoms with van der Waals surface area (Å²) in [5, 5.41) is 11.5. The Morgan fingerprint density at radius 2 is 1.68 bits per heavy atom. The van der Waals surface area contributed by atoms with Gasteiger partial charge >= 0.3 is 0 Å².